The van der Waals surface area contributed by atoms with Gasteiger partial charge in [0.25, 0.3) is 11.6 Å². The molecule has 108 valence electrons. The topological polar surface area (TPSA) is 72.7 Å². The van der Waals surface area contributed by atoms with Gasteiger partial charge in [0, 0.05) is 30.3 Å². The van der Waals surface area contributed by atoms with Gasteiger partial charge >= 0.3 is 0 Å². The molecular weight excluding hydrogens is 260 g/mol. The summed E-state index contributed by atoms with van der Waals surface area (Å²) in [6, 6.07) is 1.40. The van der Waals surface area contributed by atoms with Crippen LogP contribution in [0.25, 0.3) is 0 Å². The zero-order valence-corrected chi connectivity index (χ0v) is 11.9. The molecule has 0 unspecified atom stereocenters. The highest BCUT2D eigenvalue weighted by molar-refractivity contribution is 5.97. The minimum Gasteiger partial charge on any atom is -0.378 e. The fraction of sp³-hybridized carbons (Fsp3) is 0.500. The highest BCUT2D eigenvalue weighted by Crippen LogP contribution is 2.28. The van der Waals surface area contributed by atoms with Crippen molar-refractivity contribution in [1.82, 2.24) is 4.90 Å². The minimum absolute atomic E-state index is 0.00436. The van der Waals surface area contributed by atoms with Gasteiger partial charge in [0.1, 0.15) is 0 Å². The first-order valence-corrected chi connectivity index (χ1v) is 6.55. The Labute approximate surface area is 117 Å². The third-order valence-corrected chi connectivity index (χ3v) is 3.92. The molecule has 20 heavy (non-hydrogen) atoms. The van der Waals surface area contributed by atoms with Gasteiger partial charge in [0.15, 0.2) is 0 Å². The van der Waals surface area contributed by atoms with Gasteiger partial charge in [-0.3, -0.25) is 14.9 Å². The number of nitro benzene ring substituents is 1. The van der Waals surface area contributed by atoms with E-state index in [0.29, 0.717) is 37.4 Å². The predicted molar refractivity (Wildman–Crippen MR) is 74.0 cm³/mol. The molecule has 6 nitrogen and oxygen atoms in total. The largest absolute Gasteiger partial charge is 0.378 e. The van der Waals surface area contributed by atoms with E-state index >= 15 is 0 Å². The smallest absolute Gasteiger partial charge is 0.273 e. The molecule has 0 radical (unpaired) electrons. The van der Waals surface area contributed by atoms with Crippen LogP contribution in [0.1, 0.15) is 27.0 Å². The lowest BCUT2D eigenvalue weighted by Crippen LogP contribution is -2.41. The van der Waals surface area contributed by atoms with Gasteiger partial charge in [-0.25, -0.2) is 0 Å². The van der Waals surface area contributed by atoms with Crippen LogP contribution in [-0.2, 0) is 4.74 Å². The Balaban J connectivity index is 2.45. The summed E-state index contributed by atoms with van der Waals surface area (Å²) in [7, 11) is 0. The molecule has 6 heteroatoms. The summed E-state index contributed by atoms with van der Waals surface area (Å²) in [6.07, 6.45) is 0. The van der Waals surface area contributed by atoms with E-state index in [1.54, 1.807) is 11.8 Å². The molecule has 1 fully saturated rings. The predicted octanol–water partition coefficient (Wildman–Crippen LogP) is 1.99. The van der Waals surface area contributed by atoms with Crippen LogP contribution in [-0.4, -0.2) is 42.0 Å². The molecule has 1 aromatic rings. The van der Waals surface area contributed by atoms with Crippen LogP contribution >= 0.6 is 0 Å². The van der Waals surface area contributed by atoms with Gasteiger partial charge < -0.3 is 9.64 Å². The van der Waals surface area contributed by atoms with Crippen molar-refractivity contribution < 1.29 is 14.5 Å². The van der Waals surface area contributed by atoms with E-state index in [1.165, 1.54) is 6.07 Å². The lowest BCUT2D eigenvalue weighted by Gasteiger charge is -2.27. The maximum atomic E-state index is 12.5. The van der Waals surface area contributed by atoms with E-state index in [-0.39, 0.29) is 11.6 Å². The minimum atomic E-state index is -0.433. The number of nitro groups is 1. The summed E-state index contributed by atoms with van der Waals surface area (Å²) < 4.78 is 5.22. The van der Waals surface area contributed by atoms with E-state index in [0.717, 1.165) is 11.1 Å². The number of amides is 1. The van der Waals surface area contributed by atoms with E-state index < -0.39 is 4.92 Å². The molecule has 0 N–H and O–H groups in total. The number of ether oxygens (including phenoxy) is 1. The summed E-state index contributed by atoms with van der Waals surface area (Å²) in [5.41, 5.74) is 2.65. The Kier molecular flexibility index (Phi) is 4.04. The van der Waals surface area contributed by atoms with Crippen molar-refractivity contribution in [2.45, 2.75) is 20.8 Å². The van der Waals surface area contributed by atoms with Crippen LogP contribution in [0.2, 0.25) is 0 Å². The second-order valence-corrected chi connectivity index (χ2v) is 4.98. The maximum Gasteiger partial charge on any atom is 0.273 e. The third-order valence-electron chi connectivity index (χ3n) is 3.92. The maximum absolute atomic E-state index is 12.5. The second kappa shape index (κ2) is 5.58. The average molecular weight is 278 g/mol. The van der Waals surface area contributed by atoms with Crippen molar-refractivity contribution in [2.75, 3.05) is 26.3 Å². The molecular formula is C14H18N2O4. The monoisotopic (exact) mass is 278 g/mol. The molecule has 1 aromatic carbocycles. The summed E-state index contributed by atoms with van der Waals surface area (Å²) in [5.74, 6) is -0.156. The fourth-order valence-electron chi connectivity index (χ4n) is 2.38. The number of morpholine rings is 1. The standard InChI is InChI=1S/C14H18N2O4/c1-9-10(2)12(8-13(11(9)3)16(18)19)14(17)15-4-6-20-7-5-15/h8H,4-7H2,1-3H3. The lowest BCUT2D eigenvalue weighted by atomic mass is 9.96. The van der Waals surface area contributed by atoms with Gasteiger partial charge in [0.05, 0.1) is 18.1 Å². The average Bonchev–Trinajstić information content (AvgIpc) is 2.45. The van der Waals surface area contributed by atoms with Crippen molar-refractivity contribution in [3.63, 3.8) is 0 Å². The highest BCUT2D eigenvalue weighted by atomic mass is 16.6. The molecule has 1 heterocycles. The van der Waals surface area contributed by atoms with E-state index in [1.807, 2.05) is 13.8 Å². The number of rotatable bonds is 2. The molecule has 1 saturated heterocycles. The van der Waals surface area contributed by atoms with E-state index in [4.69, 9.17) is 4.74 Å². The first-order chi connectivity index (χ1) is 9.43. The van der Waals surface area contributed by atoms with Crippen molar-refractivity contribution in [3.8, 4) is 0 Å². The quantitative estimate of drug-likeness (QED) is 0.612. The number of nitrogens with zero attached hydrogens (tertiary/aromatic N) is 2. The van der Waals surface area contributed by atoms with Crippen LogP contribution in [0.3, 0.4) is 0 Å². The number of carbonyl (C=O) groups excluding carboxylic acids is 1. The molecule has 1 amide bonds. The van der Waals surface area contributed by atoms with Crippen molar-refractivity contribution in [1.29, 1.82) is 0 Å². The Morgan fingerprint density at radius 1 is 1.20 bits per heavy atom. The molecule has 0 atom stereocenters. The van der Waals surface area contributed by atoms with Crippen LogP contribution in [0.15, 0.2) is 6.07 Å². The summed E-state index contributed by atoms with van der Waals surface area (Å²) in [4.78, 5) is 24.9. The molecule has 2 rings (SSSR count). The van der Waals surface area contributed by atoms with Crippen LogP contribution in [0.5, 0.6) is 0 Å². The van der Waals surface area contributed by atoms with Crippen LogP contribution < -0.4 is 0 Å². The molecule has 0 saturated carbocycles. The summed E-state index contributed by atoms with van der Waals surface area (Å²) in [6.45, 7) is 7.43. The Morgan fingerprint density at radius 2 is 1.80 bits per heavy atom. The third kappa shape index (κ3) is 2.51. The molecule has 1 aliphatic rings. The number of hydrogen-bond donors (Lipinski definition) is 0. The SMILES string of the molecule is Cc1c(C(=O)N2CCOCC2)cc([N+](=O)[O-])c(C)c1C. The zero-order valence-electron chi connectivity index (χ0n) is 11.9. The molecule has 0 aliphatic carbocycles. The first kappa shape index (κ1) is 14.5. The van der Waals surface area contributed by atoms with Gasteiger partial charge in [-0.1, -0.05) is 0 Å². The Hall–Kier alpha value is -1.95. The number of carbonyl (C=O) groups is 1. The normalized spacial score (nSPS) is 15.2. The number of benzene rings is 1. The highest BCUT2D eigenvalue weighted by Gasteiger charge is 2.25. The zero-order chi connectivity index (χ0) is 14.9. The molecule has 0 spiro atoms. The van der Waals surface area contributed by atoms with Crippen LogP contribution in [0, 0.1) is 30.9 Å². The van der Waals surface area contributed by atoms with Gasteiger partial charge in [-0.15, -0.1) is 0 Å². The Bertz CT molecular complexity index is 563. The van der Waals surface area contributed by atoms with Gasteiger partial charge in [-0.2, -0.15) is 0 Å². The molecule has 1 aliphatic heterocycles. The van der Waals surface area contributed by atoms with Crippen molar-refractivity contribution in [2.24, 2.45) is 0 Å². The lowest BCUT2D eigenvalue weighted by molar-refractivity contribution is -0.385. The van der Waals surface area contributed by atoms with Gasteiger partial charge in [-0.05, 0) is 31.9 Å². The summed E-state index contributed by atoms with van der Waals surface area (Å²) in [5, 5.41) is 11.1. The molecule has 0 aromatic heterocycles. The van der Waals surface area contributed by atoms with Crippen LogP contribution in [0.4, 0.5) is 5.69 Å². The second-order valence-electron chi connectivity index (χ2n) is 4.98. The van der Waals surface area contributed by atoms with Gasteiger partial charge in [0.2, 0.25) is 0 Å². The van der Waals surface area contributed by atoms with Crippen molar-refractivity contribution >= 4 is 11.6 Å². The molecule has 0 bridgehead atoms. The van der Waals surface area contributed by atoms with Crippen molar-refractivity contribution in [3.05, 3.63) is 38.4 Å². The number of hydrogen-bond acceptors (Lipinski definition) is 4. The fourth-order valence-corrected chi connectivity index (χ4v) is 2.38. The van der Waals surface area contributed by atoms with E-state index in [2.05, 4.69) is 0 Å². The summed E-state index contributed by atoms with van der Waals surface area (Å²) >= 11 is 0. The Morgan fingerprint density at radius 3 is 2.35 bits per heavy atom. The first-order valence-electron chi connectivity index (χ1n) is 6.55. The van der Waals surface area contributed by atoms with E-state index in [9.17, 15) is 14.9 Å².